The molecule has 5 heteroatoms. The van der Waals surface area contributed by atoms with E-state index >= 15 is 0 Å². The number of morpholine rings is 1. The zero-order chi connectivity index (χ0) is 12.8. The molecule has 1 aliphatic rings. The maximum atomic E-state index is 11.7. The van der Waals surface area contributed by atoms with Gasteiger partial charge in [-0.25, -0.2) is 0 Å². The Hall–Kier alpha value is -1.10. The molecule has 1 aromatic carbocycles. The Labute approximate surface area is 112 Å². The molecule has 0 aliphatic carbocycles. The highest BCUT2D eigenvalue weighted by molar-refractivity contribution is 6.30. The number of halogens is 1. The Kier molecular flexibility index (Phi) is 4.99. The van der Waals surface area contributed by atoms with Crippen LogP contribution in [0, 0.1) is 0 Å². The van der Waals surface area contributed by atoms with Crippen molar-refractivity contribution in [2.75, 3.05) is 32.8 Å². The van der Waals surface area contributed by atoms with Crippen LogP contribution in [-0.4, -0.2) is 43.7 Å². The maximum Gasteiger partial charge on any atom is 0.234 e. The normalized spacial score (nSPS) is 16.5. The maximum absolute atomic E-state index is 11.7. The lowest BCUT2D eigenvalue weighted by Gasteiger charge is -2.25. The van der Waals surface area contributed by atoms with Crippen LogP contribution in [0.1, 0.15) is 5.56 Å². The molecule has 0 atom stereocenters. The van der Waals surface area contributed by atoms with E-state index in [4.69, 9.17) is 16.3 Å². The van der Waals surface area contributed by atoms with Gasteiger partial charge in [0.25, 0.3) is 0 Å². The molecule has 0 aromatic heterocycles. The monoisotopic (exact) mass is 268 g/mol. The fourth-order valence-electron chi connectivity index (χ4n) is 1.82. The highest BCUT2D eigenvalue weighted by Gasteiger charge is 2.13. The third kappa shape index (κ3) is 4.29. The largest absolute Gasteiger partial charge is 0.379 e. The predicted molar refractivity (Wildman–Crippen MR) is 70.6 cm³/mol. The minimum atomic E-state index is 0.0480. The number of rotatable bonds is 4. The van der Waals surface area contributed by atoms with Crippen LogP contribution in [0.25, 0.3) is 0 Å². The summed E-state index contributed by atoms with van der Waals surface area (Å²) in [4.78, 5) is 13.8. The van der Waals surface area contributed by atoms with Gasteiger partial charge in [0.05, 0.1) is 19.8 Å². The number of amides is 1. The highest BCUT2D eigenvalue weighted by atomic mass is 35.5. The van der Waals surface area contributed by atoms with Crippen molar-refractivity contribution in [1.29, 1.82) is 0 Å². The second kappa shape index (κ2) is 6.73. The van der Waals surface area contributed by atoms with Gasteiger partial charge in [-0.15, -0.1) is 0 Å². The van der Waals surface area contributed by atoms with E-state index in [1.165, 1.54) is 0 Å². The van der Waals surface area contributed by atoms with Gasteiger partial charge in [-0.2, -0.15) is 0 Å². The van der Waals surface area contributed by atoms with Crippen molar-refractivity contribution in [2.24, 2.45) is 0 Å². The molecule has 1 amide bonds. The summed E-state index contributed by atoms with van der Waals surface area (Å²) in [5, 5.41) is 3.61. The molecule has 0 bridgehead atoms. The summed E-state index contributed by atoms with van der Waals surface area (Å²) in [6.07, 6.45) is 0. The average molecular weight is 269 g/mol. The fourth-order valence-corrected chi connectivity index (χ4v) is 1.95. The lowest BCUT2D eigenvalue weighted by atomic mass is 10.2. The van der Waals surface area contributed by atoms with Crippen LogP contribution < -0.4 is 5.32 Å². The van der Waals surface area contributed by atoms with Gasteiger partial charge in [-0.05, 0) is 17.7 Å². The van der Waals surface area contributed by atoms with Crippen LogP contribution in [0.5, 0.6) is 0 Å². The van der Waals surface area contributed by atoms with Gasteiger partial charge in [0, 0.05) is 24.7 Å². The van der Waals surface area contributed by atoms with Crippen LogP contribution in [-0.2, 0) is 16.1 Å². The quantitative estimate of drug-likeness (QED) is 0.895. The number of hydrogen-bond acceptors (Lipinski definition) is 3. The first-order chi connectivity index (χ1) is 8.74. The van der Waals surface area contributed by atoms with Crippen LogP contribution >= 0.6 is 11.6 Å². The van der Waals surface area contributed by atoms with Gasteiger partial charge >= 0.3 is 0 Å². The Bertz CT molecular complexity index is 388. The van der Waals surface area contributed by atoms with Gasteiger partial charge in [0.1, 0.15) is 0 Å². The zero-order valence-electron chi connectivity index (χ0n) is 10.2. The molecule has 0 unspecified atom stereocenters. The number of nitrogens with zero attached hydrogens (tertiary/aromatic N) is 1. The van der Waals surface area contributed by atoms with E-state index in [1.54, 1.807) is 0 Å². The number of hydrogen-bond donors (Lipinski definition) is 1. The van der Waals surface area contributed by atoms with Crippen molar-refractivity contribution >= 4 is 17.5 Å². The van der Waals surface area contributed by atoms with E-state index in [1.807, 2.05) is 24.3 Å². The highest BCUT2D eigenvalue weighted by Crippen LogP contribution is 2.09. The van der Waals surface area contributed by atoms with E-state index in [2.05, 4.69) is 10.2 Å². The molecular weight excluding hydrogens is 252 g/mol. The summed E-state index contributed by atoms with van der Waals surface area (Å²) in [7, 11) is 0. The second-order valence-electron chi connectivity index (χ2n) is 4.29. The SMILES string of the molecule is O=C(CN1CCOCC1)NCc1ccc(Cl)cc1. The number of ether oxygens (including phenoxy) is 1. The van der Waals surface area contributed by atoms with E-state index < -0.39 is 0 Å². The molecule has 1 aromatic rings. The lowest BCUT2D eigenvalue weighted by Crippen LogP contribution is -2.43. The topological polar surface area (TPSA) is 41.6 Å². The molecule has 0 radical (unpaired) electrons. The first-order valence-electron chi connectivity index (χ1n) is 6.05. The first kappa shape index (κ1) is 13.3. The smallest absolute Gasteiger partial charge is 0.234 e. The van der Waals surface area contributed by atoms with Gasteiger partial charge in [-0.1, -0.05) is 23.7 Å². The lowest BCUT2D eigenvalue weighted by molar-refractivity contribution is -0.123. The van der Waals surface area contributed by atoms with E-state index in [-0.39, 0.29) is 5.91 Å². The fraction of sp³-hybridized carbons (Fsp3) is 0.462. The second-order valence-corrected chi connectivity index (χ2v) is 4.73. The molecule has 18 heavy (non-hydrogen) atoms. The first-order valence-corrected chi connectivity index (χ1v) is 6.43. The Morgan fingerprint density at radius 2 is 1.94 bits per heavy atom. The molecule has 1 saturated heterocycles. The summed E-state index contributed by atoms with van der Waals surface area (Å²) in [5.74, 6) is 0.0480. The molecule has 4 nitrogen and oxygen atoms in total. The average Bonchev–Trinajstić information content (AvgIpc) is 2.39. The molecule has 1 aliphatic heterocycles. The minimum Gasteiger partial charge on any atom is -0.379 e. The molecule has 98 valence electrons. The summed E-state index contributed by atoms with van der Waals surface area (Å²) >= 11 is 5.80. The minimum absolute atomic E-state index is 0.0480. The van der Waals surface area contributed by atoms with E-state index in [0.717, 1.165) is 18.7 Å². The Morgan fingerprint density at radius 1 is 1.28 bits per heavy atom. The predicted octanol–water partition coefficient (Wildman–Crippen LogP) is 1.29. The van der Waals surface area contributed by atoms with Crippen molar-refractivity contribution in [3.8, 4) is 0 Å². The number of carbonyl (C=O) groups excluding carboxylic acids is 1. The molecular formula is C13H17ClN2O2. The van der Waals surface area contributed by atoms with Crippen molar-refractivity contribution in [3.05, 3.63) is 34.9 Å². The molecule has 1 N–H and O–H groups in total. The number of nitrogens with one attached hydrogen (secondary N) is 1. The van der Waals surface area contributed by atoms with Gasteiger partial charge in [0.15, 0.2) is 0 Å². The molecule has 0 saturated carbocycles. The van der Waals surface area contributed by atoms with E-state index in [9.17, 15) is 4.79 Å². The standard InChI is InChI=1S/C13H17ClN2O2/c14-12-3-1-11(2-4-12)9-15-13(17)10-16-5-7-18-8-6-16/h1-4H,5-10H2,(H,15,17). The molecule has 1 heterocycles. The van der Waals surface area contributed by atoms with Gasteiger partial charge in [0.2, 0.25) is 5.91 Å². The third-order valence-corrected chi connectivity index (χ3v) is 3.13. The summed E-state index contributed by atoms with van der Waals surface area (Å²) < 4.78 is 5.24. The van der Waals surface area contributed by atoms with Crippen molar-refractivity contribution in [3.63, 3.8) is 0 Å². The molecule has 2 rings (SSSR count). The van der Waals surface area contributed by atoms with Crippen molar-refractivity contribution in [2.45, 2.75) is 6.54 Å². The summed E-state index contributed by atoms with van der Waals surface area (Å²) in [6.45, 7) is 4.06. The zero-order valence-corrected chi connectivity index (χ0v) is 10.9. The number of benzene rings is 1. The van der Waals surface area contributed by atoms with Crippen molar-refractivity contribution < 1.29 is 9.53 Å². The van der Waals surface area contributed by atoms with Gasteiger partial charge in [-0.3, -0.25) is 9.69 Å². The van der Waals surface area contributed by atoms with E-state index in [0.29, 0.717) is 31.3 Å². The van der Waals surface area contributed by atoms with Crippen molar-refractivity contribution in [1.82, 2.24) is 10.2 Å². The number of carbonyl (C=O) groups is 1. The van der Waals surface area contributed by atoms with Crippen LogP contribution in [0.2, 0.25) is 5.02 Å². The van der Waals surface area contributed by atoms with Crippen LogP contribution in [0.15, 0.2) is 24.3 Å². The summed E-state index contributed by atoms with van der Waals surface area (Å²) in [6, 6.07) is 7.48. The summed E-state index contributed by atoms with van der Waals surface area (Å²) in [5.41, 5.74) is 1.05. The molecule has 1 fully saturated rings. The van der Waals surface area contributed by atoms with Gasteiger partial charge < -0.3 is 10.1 Å². The third-order valence-electron chi connectivity index (χ3n) is 2.87. The van der Waals surface area contributed by atoms with Crippen LogP contribution in [0.4, 0.5) is 0 Å². The molecule has 0 spiro atoms. The Balaban J connectivity index is 1.72. The Morgan fingerprint density at radius 3 is 2.61 bits per heavy atom. The van der Waals surface area contributed by atoms with Crippen LogP contribution in [0.3, 0.4) is 0 Å².